The number of hydrogen-bond donors (Lipinski definition) is 3. The minimum absolute atomic E-state index is 0.0106. The van der Waals surface area contributed by atoms with E-state index in [2.05, 4.69) is 15.6 Å². The topological polar surface area (TPSA) is 161 Å². The molecular weight excluding hydrogens is 547 g/mol. The Bertz CT molecular complexity index is 1920. The maximum Gasteiger partial charge on any atom is 0.343 e. The van der Waals surface area contributed by atoms with Gasteiger partial charge in [0.1, 0.15) is 19.0 Å². The van der Waals surface area contributed by atoms with Crippen molar-refractivity contribution in [3.05, 3.63) is 73.6 Å². The lowest BCUT2D eigenvalue weighted by Gasteiger charge is -2.31. The maximum absolute atomic E-state index is 15.1. The molecule has 3 aromatic heterocycles. The zero-order valence-electron chi connectivity index (χ0n) is 22.9. The van der Waals surface area contributed by atoms with Crippen LogP contribution in [0, 0.1) is 12.7 Å². The van der Waals surface area contributed by atoms with Crippen molar-refractivity contribution < 1.29 is 28.9 Å². The molecule has 0 saturated carbocycles. The molecule has 42 heavy (non-hydrogen) atoms. The molecule has 4 aromatic rings. The fourth-order valence-electron chi connectivity index (χ4n) is 6.61. The van der Waals surface area contributed by atoms with Gasteiger partial charge in [0, 0.05) is 22.6 Å². The van der Waals surface area contributed by atoms with Gasteiger partial charge in [0.15, 0.2) is 5.60 Å². The Labute approximate surface area is 237 Å². The molecule has 12 nitrogen and oxygen atoms in total. The van der Waals surface area contributed by atoms with Gasteiger partial charge in [-0.15, -0.1) is 5.10 Å². The van der Waals surface area contributed by atoms with Crippen molar-refractivity contribution in [2.45, 2.75) is 71.1 Å². The van der Waals surface area contributed by atoms with Crippen LogP contribution in [0.2, 0.25) is 0 Å². The second-order valence-electron chi connectivity index (χ2n) is 11.0. The molecule has 1 amide bonds. The number of fused-ring (bicyclic) bond motifs is 5. The van der Waals surface area contributed by atoms with Gasteiger partial charge in [-0.05, 0) is 48.9 Å². The van der Waals surface area contributed by atoms with Crippen molar-refractivity contribution in [1.29, 1.82) is 0 Å². The number of aromatic nitrogens is 5. The lowest BCUT2D eigenvalue weighted by molar-refractivity contribution is -0.172. The van der Waals surface area contributed by atoms with Gasteiger partial charge >= 0.3 is 5.97 Å². The molecule has 0 spiro atoms. The minimum atomic E-state index is -1.97. The fraction of sp³-hybridized carbons (Fsp3) is 0.379. The summed E-state index contributed by atoms with van der Waals surface area (Å²) in [6.45, 7) is 2.77. The number of halogens is 1. The van der Waals surface area contributed by atoms with Gasteiger partial charge in [-0.2, -0.15) is 0 Å². The number of amides is 1. The van der Waals surface area contributed by atoms with Crippen LogP contribution in [0.15, 0.2) is 23.1 Å². The number of carbonyl (C=O) groups excluding carboxylic acids is 2. The SMILES string of the molecule is CC[C@@]1(O)C(=O)OCc2c1cc1n(c2=O)Cc2c-1nc1cc(F)c(C)c3c1c2[C@@H](NC(=O)Cn1nncc1CO)CC3. The Morgan fingerprint density at radius 3 is 2.83 bits per heavy atom. The van der Waals surface area contributed by atoms with Crippen LogP contribution in [0.25, 0.3) is 22.3 Å². The Morgan fingerprint density at radius 1 is 1.26 bits per heavy atom. The summed E-state index contributed by atoms with van der Waals surface area (Å²) in [5, 5.41) is 32.2. The van der Waals surface area contributed by atoms with Crippen molar-refractivity contribution in [3.8, 4) is 11.4 Å². The van der Waals surface area contributed by atoms with E-state index in [1.807, 2.05) is 0 Å². The smallest absolute Gasteiger partial charge is 0.343 e. The summed E-state index contributed by atoms with van der Waals surface area (Å²) in [4.78, 5) is 44.3. The van der Waals surface area contributed by atoms with Crippen LogP contribution in [0.3, 0.4) is 0 Å². The Hall–Kier alpha value is -4.49. The number of esters is 1. The molecule has 1 aliphatic carbocycles. The third kappa shape index (κ3) is 3.59. The van der Waals surface area contributed by atoms with Crippen LogP contribution in [0.4, 0.5) is 4.39 Å². The Kier molecular flexibility index (Phi) is 5.82. The summed E-state index contributed by atoms with van der Waals surface area (Å²) < 4.78 is 23.1. The highest BCUT2D eigenvalue weighted by molar-refractivity contribution is 5.94. The number of aliphatic hydroxyl groups is 2. The summed E-state index contributed by atoms with van der Waals surface area (Å²) in [6, 6.07) is 2.50. The van der Waals surface area contributed by atoms with Gasteiger partial charge in [-0.3, -0.25) is 9.59 Å². The van der Waals surface area contributed by atoms with Crippen molar-refractivity contribution >= 4 is 22.8 Å². The average molecular weight is 575 g/mol. The average Bonchev–Trinajstić information content (AvgIpc) is 3.58. The van der Waals surface area contributed by atoms with Crippen LogP contribution >= 0.6 is 0 Å². The molecule has 5 heterocycles. The van der Waals surface area contributed by atoms with E-state index in [1.54, 1.807) is 19.9 Å². The number of rotatable bonds is 5. The monoisotopic (exact) mass is 574 g/mol. The van der Waals surface area contributed by atoms with E-state index in [4.69, 9.17) is 9.72 Å². The third-order valence-corrected chi connectivity index (χ3v) is 8.87. The van der Waals surface area contributed by atoms with Crippen molar-refractivity contribution in [2.75, 3.05) is 0 Å². The first-order valence-corrected chi connectivity index (χ1v) is 13.8. The molecule has 3 N–H and O–H groups in total. The van der Waals surface area contributed by atoms with Crippen LogP contribution in [0.5, 0.6) is 0 Å². The predicted molar refractivity (Wildman–Crippen MR) is 144 cm³/mol. The molecule has 0 saturated heterocycles. The number of ether oxygens (including phenoxy) is 1. The summed E-state index contributed by atoms with van der Waals surface area (Å²) in [5.41, 5.74) is 2.42. The summed E-state index contributed by atoms with van der Waals surface area (Å²) >= 11 is 0. The number of aliphatic hydroxyl groups excluding tert-OH is 1. The Balaban J connectivity index is 1.40. The molecule has 2 atom stereocenters. The number of benzene rings is 1. The number of pyridine rings is 2. The zero-order valence-corrected chi connectivity index (χ0v) is 22.9. The number of carbonyl (C=O) groups is 2. The van der Waals surface area contributed by atoms with Gasteiger partial charge in [-0.25, -0.2) is 18.9 Å². The van der Waals surface area contributed by atoms with E-state index < -0.39 is 29.0 Å². The van der Waals surface area contributed by atoms with Gasteiger partial charge < -0.3 is 24.8 Å². The number of nitrogens with zero attached hydrogens (tertiary/aromatic N) is 5. The first-order valence-electron chi connectivity index (χ1n) is 13.8. The molecule has 216 valence electrons. The molecule has 0 bridgehead atoms. The highest BCUT2D eigenvalue weighted by Crippen LogP contribution is 2.45. The second kappa shape index (κ2) is 9.26. The summed E-state index contributed by atoms with van der Waals surface area (Å²) in [5.74, 6) is -1.57. The maximum atomic E-state index is 15.1. The summed E-state index contributed by atoms with van der Waals surface area (Å²) in [6.07, 6.45) is 2.39. The fourth-order valence-corrected chi connectivity index (χ4v) is 6.61. The normalized spacial score (nSPS) is 20.2. The van der Waals surface area contributed by atoms with Crippen molar-refractivity contribution in [3.63, 3.8) is 0 Å². The molecule has 0 radical (unpaired) electrons. The highest BCUT2D eigenvalue weighted by atomic mass is 19.1. The first kappa shape index (κ1) is 26.4. The molecule has 2 aliphatic heterocycles. The first-order chi connectivity index (χ1) is 20.2. The summed E-state index contributed by atoms with van der Waals surface area (Å²) in [7, 11) is 0. The van der Waals surface area contributed by atoms with Crippen LogP contribution < -0.4 is 10.9 Å². The van der Waals surface area contributed by atoms with Crippen molar-refractivity contribution in [2.24, 2.45) is 0 Å². The highest BCUT2D eigenvalue weighted by Gasteiger charge is 2.46. The molecule has 7 rings (SSSR count). The molecule has 13 heteroatoms. The van der Waals surface area contributed by atoms with Gasteiger partial charge in [0.05, 0.1) is 53.6 Å². The van der Waals surface area contributed by atoms with E-state index in [-0.39, 0.29) is 49.8 Å². The van der Waals surface area contributed by atoms with Gasteiger partial charge in [-0.1, -0.05) is 12.1 Å². The van der Waals surface area contributed by atoms with Crippen LogP contribution in [-0.4, -0.2) is 46.6 Å². The van der Waals surface area contributed by atoms with E-state index in [0.29, 0.717) is 46.6 Å². The van der Waals surface area contributed by atoms with Gasteiger partial charge in [0.2, 0.25) is 5.91 Å². The standard InChI is InChI=1S/C29H27FN6O6/c1-3-29(41)18-6-22-26-16(9-35(22)27(39)17(18)12-42-28(29)40)25-20(32-23(38)10-36-14(11-37)8-31-34-36)5-4-15-13(2)19(30)7-21(33-26)24(15)25/h6-8,20,37,41H,3-5,9-12H2,1-2H3,(H,32,38)/t20-,29-/m0/s1. The number of nitrogens with one attached hydrogen (secondary N) is 1. The molecule has 0 fully saturated rings. The van der Waals surface area contributed by atoms with E-state index in [1.165, 1.54) is 21.5 Å². The third-order valence-electron chi connectivity index (χ3n) is 8.87. The minimum Gasteiger partial charge on any atom is -0.458 e. The van der Waals surface area contributed by atoms with Crippen LogP contribution in [0.1, 0.15) is 64.9 Å². The Morgan fingerprint density at radius 2 is 2.07 bits per heavy atom. The number of hydrogen-bond acceptors (Lipinski definition) is 9. The van der Waals surface area contributed by atoms with E-state index in [9.17, 15) is 24.6 Å². The number of aryl methyl sites for hydroxylation is 1. The largest absolute Gasteiger partial charge is 0.458 e. The van der Waals surface area contributed by atoms with E-state index in [0.717, 1.165) is 16.5 Å². The quantitative estimate of drug-likeness (QED) is 0.264. The van der Waals surface area contributed by atoms with Crippen LogP contribution in [-0.2, 0) is 52.7 Å². The van der Waals surface area contributed by atoms with E-state index >= 15 is 4.39 Å². The molecule has 1 aromatic carbocycles. The zero-order chi connectivity index (χ0) is 29.5. The molecule has 0 unspecified atom stereocenters. The lowest BCUT2D eigenvalue weighted by atomic mass is 9.81. The lowest BCUT2D eigenvalue weighted by Crippen LogP contribution is -2.44. The molecule has 3 aliphatic rings. The number of cyclic esters (lactones) is 1. The van der Waals surface area contributed by atoms with Gasteiger partial charge in [0.25, 0.3) is 5.56 Å². The van der Waals surface area contributed by atoms with Crippen molar-refractivity contribution in [1.82, 2.24) is 29.9 Å². The predicted octanol–water partition coefficient (Wildman–Crippen LogP) is 1.41. The second-order valence-corrected chi connectivity index (χ2v) is 11.0. The molecular formula is C29H27FN6O6.